The molecule has 1 aliphatic rings. The van der Waals surface area contributed by atoms with Crippen LogP contribution < -0.4 is 5.32 Å². The number of hydrogen-bond acceptors (Lipinski definition) is 3. The molecule has 1 N–H and O–H groups in total. The molecule has 1 amide bonds. The molecule has 1 aliphatic carbocycles. The quantitative estimate of drug-likeness (QED) is 0.804. The SMILES string of the molecule is C[C@@H](COCC(F)(F)F)NC(=O)OCC1c2ccccc2-c2ccccc21. The van der Waals surface area contributed by atoms with Crippen LogP contribution in [0.3, 0.4) is 0 Å². The van der Waals surface area contributed by atoms with Crippen LogP contribution in [-0.2, 0) is 9.47 Å². The van der Waals surface area contributed by atoms with Crippen molar-refractivity contribution in [1.29, 1.82) is 0 Å². The Labute approximate surface area is 155 Å². The van der Waals surface area contributed by atoms with Gasteiger partial charge in [-0.2, -0.15) is 13.2 Å². The predicted molar refractivity (Wildman–Crippen MR) is 94.5 cm³/mol. The van der Waals surface area contributed by atoms with Gasteiger partial charge in [-0.15, -0.1) is 0 Å². The lowest BCUT2D eigenvalue weighted by atomic mass is 9.98. The van der Waals surface area contributed by atoms with Crippen molar-refractivity contribution in [1.82, 2.24) is 5.32 Å². The second-order valence-corrected chi connectivity index (χ2v) is 6.50. The molecule has 7 heteroatoms. The maximum Gasteiger partial charge on any atom is 0.411 e. The fraction of sp³-hybridized carbons (Fsp3) is 0.350. The first kappa shape index (κ1) is 19.2. The predicted octanol–water partition coefficient (Wildman–Crippen LogP) is 4.49. The topological polar surface area (TPSA) is 47.6 Å². The summed E-state index contributed by atoms with van der Waals surface area (Å²) in [5.74, 6) is -0.0695. The molecule has 0 aromatic heterocycles. The number of carbonyl (C=O) groups excluding carboxylic acids is 1. The number of alkyl carbamates (subject to hydrolysis) is 1. The van der Waals surface area contributed by atoms with Crippen molar-refractivity contribution >= 4 is 6.09 Å². The number of ether oxygens (including phenoxy) is 2. The summed E-state index contributed by atoms with van der Waals surface area (Å²) < 4.78 is 46.1. The molecule has 0 aliphatic heterocycles. The van der Waals surface area contributed by atoms with Gasteiger partial charge in [-0.3, -0.25) is 0 Å². The molecule has 0 radical (unpaired) electrons. The summed E-state index contributed by atoms with van der Waals surface area (Å²) in [6.45, 7) is 0.112. The summed E-state index contributed by atoms with van der Waals surface area (Å²) in [4.78, 5) is 12.0. The van der Waals surface area contributed by atoms with Gasteiger partial charge in [0.1, 0.15) is 13.2 Å². The molecule has 27 heavy (non-hydrogen) atoms. The van der Waals surface area contributed by atoms with Crippen molar-refractivity contribution < 1.29 is 27.4 Å². The Morgan fingerprint density at radius 1 is 1.07 bits per heavy atom. The molecule has 0 bridgehead atoms. The number of halogens is 3. The van der Waals surface area contributed by atoms with E-state index in [0.717, 1.165) is 22.3 Å². The average molecular weight is 379 g/mol. The molecule has 4 nitrogen and oxygen atoms in total. The Balaban J connectivity index is 1.55. The highest BCUT2D eigenvalue weighted by atomic mass is 19.4. The maximum absolute atomic E-state index is 12.1. The zero-order chi connectivity index (χ0) is 19.4. The van der Waals surface area contributed by atoms with E-state index in [0.29, 0.717) is 0 Å². The van der Waals surface area contributed by atoms with Crippen molar-refractivity contribution in [2.75, 3.05) is 19.8 Å². The van der Waals surface area contributed by atoms with E-state index < -0.39 is 24.9 Å². The van der Waals surface area contributed by atoms with Gasteiger partial charge >= 0.3 is 12.3 Å². The van der Waals surface area contributed by atoms with Gasteiger partial charge in [0, 0.05) is 5.92 Å². The number of fused-ring (bicyclic) bond motifs is 3. The van der Waals surface area contributed by atoms with Gasteiger partial charge < -0.3 is 14.8 Å². The average Bonchev–Trinajstić information content (AvgIpc) is 2.93. The Morgan fingerprint density at radius 3 is 2.19 bits per heavy atom. The third kappa shape index (κ3) is 4.80. The molecule has 0 saturated carbocycles. The van der Waals surface area contributed by atoms with Crippen LogP contribution >= 0.6 is 0 Å². The molecule has 144 valence electrons. The van der Waals surface area contributed by atoms with E-state index >= 15 is 0 Å². The molecule has 2 aromatic rings. The number of hydrogen-bond donors (Lipinski definition) is 1. The molecule has 2 aromatic carbocycles. The van der Waals surface area contributed by atoms with E-state index in [-0.39, 0.29) is 19.1 Å². The minimum Gasteiger partial charge on any atom is -0.449 e. The first-order chi connectivity index (χ1) is 12.8. The molecule has 0 saturated heterocycles. The van der Waals surface area contributed by atoms with Gasteiger partial charge in [0.05, 0.1) is 12.6 Å². The maximum atomic E-state index is 12.1. The van der Waals surface area contributed by atoms with Crippen LogP contribution in [0.2, 0.25) is 0 Å². The Kier molecular flexibility index (Phi) is 5.70. The van der Waals surface area contributed by atoms with E-state index in [1.165, 1.54) is 0 Å². The lowest BCUT2D eigenvalue weighted by Crippen LogP contribution is -2.37. The first-order valence-corrected chi connectivity index (χ1v) is 8.61. The Hall–Kier alpha value is -2.54. The zero-order valence-electron chi connectivity index (χ0n) is 14.8. The minimum absolute atomic E-state index is 0.0695. The second kappa shape index (κ2) is 8.00. The number of amides is 1. The van der Waals surface area contributed by atoms with Crippen LogP contribution in [-0.4, -0.2) is 38.1 Å². The standard InChI is InChI=1S/C20H20F3NO3/c1-13(10-26-12-20(21,22)23)24-19(25)27-11-18-16-8-4-2-6-14(16)15-7-3-5-9-17(15)18/h2-9,13,18H,10-12H2,1H3,(H,24,25)/t13-/m0/s1. The number of carbonyl (C=O) groups is 1. The van der Waals surface area contributed by atoms with Crippen molar-refractivity contribution in [3.8, 4) is 11.1 Å². The lowest BCUT2D eigenvalue weighted by Gasteiger charge is -2.17. The summed E-state index contributed by atoms with van der Waals surface area (Å²) in [5, 5.41) is 2.48. The molecule has 0 fully saturated rings. The van der Waals surface area contributed by atoms with E-state index in [1.807, 2.05) is 48.5 Å². The van der Waals surface area contributed by atoms with E-state index in [9.17, 15) is 18.0 Å². The molecular weight excluding hydrogens is 359 g/mol. The lowest BCUT2D eigenvalue weighted by molar-refractivity contribution is -0.174. The van der Waals surface area contributed by atoms with Gasteiger partial charge in [0.2, 0.25) is 0 Å². The summed E-state index contributed by atoms with van der Waals surface area (Å²) in [6.07, 6.45) is -5.07. The van der Waals surface area contributed by atoms with Gasteiger partial charge in [0.25, 0.3) is 0 Å². The van der Waals surface area contributed by atoms with E-state index in [1.54, 1.807) is 6.92 Å². The van der Waals surface area contributed by atoms with Crippen LogP contribution in [0, 0.1) is 0 Å². The molecule has 0 spiro atoms. The number of rotatable bonds is 6. The highest BCUT2D eigenvalue weighted by Gasteiger charge is 2.29. The number of benzene rings is 2. The Bertz CT molecular complexity index is 762. The van der Waals surface area contributed by atoms with Crippen LogP contribution in [0.5, 0.6) is 0 Å². The van der Waals surface area contributed by atoms with Gasteiger partial charge in [-0.25, -0.2) is 4.79 Å². The van der Waals surface area contributed by atoms with Crippen molar-refractivity contribution in [3.05, 3.63) is 59.7 Å². The van der Waals surface area contributed by atoms with Gasteiger partial charge in [-0.1, -0.05) is 48.5 Å². The second-order valence-electron chi connectivity index (χ2n) is 6.50. The fourth-order valence-electron chi connectivity index (χ4n) is 3.23. The fourth-order valence-corrected chi connectivity index (χ4v) is 3.23. The third-order valence-electron chi connectivity index (χ3n) is 4.34. The molecule has 3 rings (SSSR count). The molecular formula is C20H20F3NO3. The first-order valence-electron chi connectivity index (χ1n) is 8.61. The molecule has 0 heterocycles. The largest absolute Gasteiger partial charge is 0.449 e. The van der Waals surface area contributed by atoms with Gasteiger partial charge in [-0.05, 0) is 29.2 Å². The molecule has 1 atom stereocenters. The summed E-state index contributed by atoms with van der Waals surface area (Å²) in [5.41, 5.74) is 4.42. The number of alkyl halides is 3. The summed E-state index contributed by atoms with van der Waals surface area (Å²) in [7, 11) is 0. The third-order valence-corrected chi connectivity index (χ3v) is 4.34. The van der Waals surface area contributed by atoms with E-state index in [4.69, 9.17) is 4.74 Å². The Morgan fingerprint density at radius 2 is 1.63 bits per heavy atom. The van der Waals surface area contributed by atoms with Crippen molar-refractivity contribution in [2.24, 2.45) is 0 Å². The smallest absolute Gasteiger partial charge is 0.411 e. The monoisotopic (exact) mass is 379 g/mol. The normalized spacial score (nSPS) is 14.4. The van der Waals surface area contributed by atoms with E-state index in [2.05, 4.69) is 10.1 Å². The summed E-state index contributed by atoms with van der Waals surface area (Å²) in [6, 6.07) is 15.3. The highest BCUT2D eigenvalue weighted by molar-refractivity contribution is 5.79. The number of nitrogens with one attached hydrogen (secondary N) is 1. The molecule has 0 unspecified atom stereocenters. The van der Waals surface area contributed by atoms with Crippen LogP contribution in [0.1, 0.15) is 24.0 Å². The summed E-state index contributed by atoms with van der Waals surface area (Å²) >= 11 is 0. The van der Waals surface area contributed by atoms with Gasteiger partial charge in [0.15, 0.2) is 0 Å². The van der Waals surface area contributed by atoms with Crippen LogP contribution in [0.15, 0.2) is 48.5 Å². The minimum atomic E-state index is -4.39. The highest BCUT2D eigenvalue weighted by Crippen LogP contribution is 2.44. The zero-order valence-corrected chi connectivity index (χ0v) is 14.8. The van der Waals surface area contributed by atoms with Crippen LogP contribution in [0.4, 0.5) is 18.0 Å². The van der Waals surface area contributed by atoms with Crippen LogP contribution in [0.25, 0.3) is 11.1 Å². The van der Waals surface area contributed by atoms with Crippen molar-refractivity contribution in [3.63, 3.8) is 0 Å². The van der Waals surface area contributed by atoms with Crippen molar-refractivity contribution in [2.45, 2.75) is 25.1 Å².